The van der Waals surface area contributed by atoms with Crippen LogP contribution in [0.3, 0.4) is 0 Å². The molecule has 0 radical (unpaired) electrons. The van der Waals surface area contributed by atoms with E-state index in [-0.39, 0.29) is 5.91 Å². The van der Waals surface area contributed by atoms with Crippen LogP contribution in [0.25, 0.3) is 0 Å². The lowest BCUT2D eigenvalue weighted by Gasteiger charge is -2.17. The minimum atomic E-state index is -0.0322. The van der Waals surface area contributed by atoms with Gasteiger partial charge in [-0.25, -0.2) is 9.97 Å². The van der Waals surface area contributed by atoms with Crippen molar-refractivity contribution in [2.45, 2.75) is 37.8 Å². The third-order valence-corrected chi connectivity index (χ3v) is 5.40. The standard InChI is InChI=1S/C17H18IN3OS/c1-11-14-4-2-3-5-15(14)21-17(19-11)23-10-16(22)20-13-8-6-12(18)7-9-13/h6-9H,2-5,10H2,1H3,(H,20,22). The Morgan fingerprint density at radius 3 is 2.74 bits per heavy atom. The van der Waals surface area contributed by atoms with Gasteiger partial charge >= 0.3 is 0 Å². The summed E-state index contributed by atoms with van der Waals surface area (Å²) in [5, 5.41) is 3.61. The molecule has 1 amide bonds. The Morgan fingerprint density at radius 2 is 1.96 bits per heavy atom. The number of halogens is 1. The first-order chi connectivity index (χ1) is 11.1. The molecule has 3 rings (SSSR count). The summed E-state index contributed by atoms with van der Waals surface area (Å²) in [4.78, 5) is 21.2. The zero-order chi connectivity index (χ0) is 16.2. The minimum absolute atomic E-state index is 0.0322. The van der Waals surface area contributed by atoms with Crippen molar-refractivity contribution in [3.8, 4) is 0 Å². The summed E-state index contributed by atoms with van der Waals surface area (Å²) in [6, 6.07) is 7.76. The van der Waals surface area contributed by atoms with Gasteiger partial charge < -0.3 is 5.32 Å². The van der Waals surface area contributed by atoms with Crippen molar-refractivity contribution < 1.29 is 4.79 Å². The van der Waals surface area contributed by atoms with Crippen molar-refractivity contribution >= 4 is 45.9 Å². The maximum Gasteiger partial charge on any atom is 0.234 e. The first kappa shape index (κ1) is 16.7. The van der Waals surface area contributed by atoms with Gasteiger partial charge in [-0.05, 0) is 85.0 Å². The molecular weight excluding hydrogens is 421 g/mol. The van der Waals surface area contributed by atoms with Crippen molar-refractivity contribution in [3.05, 3.63) is 44.8 Å². The number of fused-ring (bicyclic) bond motifs is 1. The van der Waals surface area contributed by atoms with Crippen LogP contribution in [0.4, 0.5) is 5.69 Å². The van der Waals surface area contributed by atoms with E-state index in [2.05, 4.69) is 37.9 Å². The van der Waals surface area contributed by atoms with E-state index < -0.39 is 0 Å². The lowest BCUT2D eigenvalue weighted by Crippen LogP contribution is -2.15. The highest BCUT2D eigenvalue weighted by Gasteiger charge is 2.16. The van der Waals surface area contributed by atoms with Gasteiger partial charge in [0.25, 0.3) is 0 Å². The SMILES string of the molecule is Cc1nc(SCC(=O)Nc2ccc(I)cc2)nc2c1CCCC2. The summed E-state index contributed by atoms with van der Waals surface area (Å²) < 4.78 is 1.15. The molecule has 23 heavy (non-hydrogen) atoms. The molecule has 4 nitrogen and oxygen atoms in total. The summed E-state index contributed by atoms with van der Waals surface area (Å²) in [6.45, 7) is 2.04. The van der Waals surface area contributed by atoms with Crippen molar-refractivity contribution in [2.24, 2.45) is 0 Å². The van der Waals surface area contributed by atoms with E-state index in [1.54, 1.807) is 0 Å². The molecule has 0 spiro atoms. The van der Waals surface area contributed by atoms with E-state index in [4.69, 9.17) is 0 Å². The highest BCUT2D eigenvalue weighted by molar-refractivity contribution is 14.1. The highest BCUT2D eigenvalue weighted by atomic mass is 127. The molecule has 0 saturated carbocycles. The molecule has 120 valence electrons. The molecule has 1 aliphatic carbocycles. The molecule has 1 heterocycles. The first-order valence-electron chi connectivity index (χ1n) is 7.66. The predicted molar refractivity (Wildman–Crippen MR) is 102 cm³/mol. The average molecular weight is 439 g/mol. The van der Waals surface area contributed by atoms with Gasteiger partial charge in [0, 0.05) is 20.6 Å². The monoisotopic (exact) mass is 439 g/mol. The molecule has 1 aromatic heterocycles. The molecular formula is C17H18IN3OS. The van der Waals surface area contributed by atoms with Gasteiger partial charge in [0.05, 0.1) is 5.75 Å². The summed E-state index contributed by atoms with van der Waals surface area (Å²) >= 11 is 3.64. The Balaban J connectivity index is 1.60. The summed E-state index contributed by atoms with van der Waals surface area (Å²) in [5.41, 5.74) is 4.36. The molecule has 1 aliphatic rings. The summed E-state index contributed by atoms with van der Waals surface area (Å²) in [5.74, 6) is 0.291. The number of rotatable bonds is 4. The third-order valence-electron chi connectivity index (χ3n) is 3.83. The van der Waals surface area contributed by atoms with Crippen LogP contribution in [0, 0.1) is 10.5 Å². The second-order valence-corrected chi connectivity index (χ2v) is 7.76. The van der Waals surface area contributed by atoms with Gasteiger partial charge in [-0.15, -0.1) is 0 Å². The van der Waals surface area contributed by atoms with E-state index in [0.29, 0.717) is 10.9 Å². The highest BCUT2D eigenvalue weighted by Crippen LogP contribution is 2.24. The lowest BCUT2D eigenvalue weighted by atomic mass is 9.95. The molecule has 1 aromatic carbocycles. The van der Waals surface area contributed by atoms with Crippen LogP contribution in [0.2, 0.25) is 0 Å². The van der Waals surface area contributed by atoms with Crippen LogP contribution in [0.5, 0.6) is 0 Å². The predicted octanol–water partition coefficient (Wildman–Crippen LogP) is 4.00. The Bertz CT molecular complexity index is 719. The molecule has 0 atom stereocenters. The Hall–Kier alpha value is -1.15. The molecule has 0 saturated heterocycles. The van der Waals surface area contributed by atoms with Gasteiger partial charge in [0.2, 0.25) is 5.91 Å². The maximum absolute atomic E-state index is 12.1. The number of benzene rings is 1. The molecule has 0 unspecified atom stereocenters. The fraction of sp³-hybridized carbons (Fsp3) is 0.353. The van der Waals surface area contributed by atoms with Gasteiger partial charge in [0.15, 0.2) is 5.16 Å². The number of carbonyl (C=O) groups is 1. The van der Waals surface area contributed by atoms with E-state index >= 15 is 0 Å². The van der Waals surface area contributed by atoms with Crippen LogP contribution in [0.1, 0.15) is 29.8 Å². The van der Waals surface area contributed by atoms with Crippen LogP contribution in [-0.4, -0.2) is 21.6 Å². The fourth-order valence-corrected chi connectivity index (χ4v) is 3.75. The largest absolute Gasteiger partial charge is 0.325 e. The second-order valence-electron chi connectivity index (χ2n) is 5.57. The maximum atomic E-state index is 12.1. The molecule has 0 aliphatic heterocycles. The van der Waals surface area contributed by atoms with E-state index in [0.717, 1.165) is 27.8 Å². The summed E-state index contributed by atoms with van der Waals surface area (Å²) in [6.07, 6.45) is 4.53. The molecule has 2 aromatic rings. The van der Waals surface area contributed by atoms with E-state index in [1.807, 2.05) is 31.2 Å². The number of nitrogens with zero attached hydrogens (tertiary/aromatic N) is 2. The number of carbonyl (C=O) groups excluding carboxylic acids is 1. The zero-order valence-electron chi connectivity index (χ0n) is 12.9. The fourth-order valence-electron chi connectivity index (χ4n) is 2.68. The zero-order valence-corrected chi connectivity index (χ0v) is 15.9. The first-order valence-corrected chi connectivity index (χ1v) is 9.73. The van der Waals surface area contributed by atoms with Crippen LogP contribution < -0.4 is 5.32 Å². The number of thioether (sulfide) groups is 1. The topological polar surface area (TPSA) is 54.9 Å². The molecule has 6 heteroatoms. The van der Waals surface area contributed by atoms with Crippen LogP contribution in [-0.2, 0) is 17.6 Å². The quantitative estimate of drug-likeness (QED) is 0.445. The number of anilines is 1. The normalized spacial score (nSPS) is 13.5. The number of hydrogen-bond acceptors (Lipinski definition) is 4. The lowest BCUT2D eigenvalue weighted by molar-refractivity contribution is -0.113. The van der Waals surface area contributed by atoms with Gasteiger partial charge in [0.1, 0.15) is 0 Å². The second kappa shape index (κ2) is 7.61. The van der Waals surface area contributed by atoms with Crippen molar-refractivity contribution in [1.82, 2.24) is 9.97 Å². The molecule has 1 N–H and O–H groups in total. The smallest absolute Gasteiger partial charge is 0.234 e. The summed E-state index contributed by atoms with van der Waals surface area (Å²) in [7, 11) is 0. The number of nitrogens with one attached hydrogen (secondary N) is 1. The number of aromatic nitrogens is 2. The van der Waals surface area contributed by atoms with Crippen LogP contribution in [0.15, 0.2) is 29.4 Å². The van der Waals surface area contributed by atoms with E-state index in [1.165, 1.54) is 35.9 Å². The third kappa shape index (κ3) is 4.44. The number of hydrogen-bond donors (Lipinski definition) is 1. The van der Waals surface area contributed by atoms with Crippen LogP contribution >= 0.6 is 34.4 Å². The average Bonchev–Trinajstić information content (AvgIpc) is 2.55. The van der Waals surface area contributed by atoms with Gasteiger partial charge in [-0.2, -0.15) is 0 Å². The van der Waals surface area contributed by atoms with Crippen molar-refractivity contribution in [2.75, 3.05) is 11.1 Å². The molecule has 0 fully saturated rings. The van der Waals surface area contributed by atoms with Gasteiger partial charge in [-0.1, -0.05) is 11.8 Å². The number of amides is 1. The minimum Gasteiger partial charge on any atom is -0.325 e. The molecule has 0 bridgehead atoms. The Kier molecular flexibility index (Phi) is 5.53. The Labute approximate surface area is 154 Å². The van der Waals surface area contributed by atoms with Gasteiger partial charge in [-0.3, -0.25) is 4.79 Å². The van der Waals surface area contributed by atoms with Crippen molar-refractivity contribution in [1.29, 1.82) is 0 Å². The number of aryl methyl sites for hydroxylation is 2. The van der Waals surface area contributed by atoms with Crippen molar-refractivity contribution in [3.63, 3.8) is 0 Å². The Morgan fingerprint density at radius 1 is 1.22 bits per heavy atom. The van der Waals surface area contributed by atoms with E-state index in [9.17, 15) is 4.79 Å².